The third kappa shape index (κ3) is 3.44. The van der Waals surface area contributed by atoms with Crippen LogP contribution in [0, 0.1) is 0 Å². The molecule has 1 amide bonds. The Bertz CT molecular complexity index is 836. The second-order valence-electron chi connectivity index (χ2n) is 5.86. The number of hydrogen-bond acceptors (Lipinski definition) is 5. The molecular formula is C18H19NO4S. The maximum Gasteiger partial charge on any atom is 0.224 e. The van der Waals surface area contributed by atoms with E-state index >= 15 is 0 Å². The number of thiophene rings is 1. The summed E-state index contributed by atoms with van der Waals surface area (Å²) in [5.41, 5.74) is 1.21. The van der Waals surface area contributed by atoms with Gasteiger partial charge in [-0.2, -0.15) is 11.3 Å². The highest BCUT2D eigenvalue weighted by Gasteiger charge is 2.24. The van der Waals surface area contributed by atoms with Crippen molar-refractivity contribution in [2.75, 3.05) is 13.7 Å². The largest absolute Gasteiger partial charge is 0.497 e. The zero-order valence-corrected chi connectivity index (χ0v) is 14.4. The van der Waals surface area contributed by atoms with Gasteiger partial charge in [0.05, 0.1) is 26.3 Å². The monoisotopic (exact) mass is 345 g/mol. The van der Waals surface area contributed by atoms with Crippen LogP contribution in [0.3, 0.4) is 0 Å². The summed E-state index contributed by atoms with van der Waals surface area (Å²) in [7, 11) is 1.60. The number of carbonyl (C=O) groups is 1. The van der Waals surface area contributed by atoms with Crippen molar-refractivity contribution in [3.8, 4) is 5.75 Å². The lowest BCUT2D eigenvalue weighted by Gasteiger charge is -2.22. The van der Waals surface area contributed by atoms with E-state index in [1.54, 1.807) is 26.4 Å². The minimum Gasteiger partial charge on any atom is -0.497 e. The van der Waals surface area contributed by atoms with Gasteiger partial charge in [-0.05, 0) is 41.4 Å². The van der Waals surface area contributed by atoms with E-state index in [1.165, 1.54) is 11.3 Å². The second kappa shape index (κ2) is 6.67. The Hall–Kier alpha value is -2.31. The number of methoxy groups -OCH3 is 1. The lowest BCUT2D eigenvalue weighted by Crippen LogP contribution is -2.38. The van der Waals surface area contributed by atoms with E-state index in [0.29, 0.717) is 11.3 Å². The number of nitrogens with one attached hydrogen (secondary N) is 1. The topological polar surface area (TPSA) is 71.7 Å². The maximum absolute atomic E-state index is 12.2. The van der Waals surface area contributed by atoms with E-state index in [0.717, 1.165) is 16.5 Å². The summed E-state index contributed by atoms with van der Waals surface area (Å²) in [5, 5.41) is 17.9. The van der Waals surface area contributed by atoms with Gasteiger partial charge >= 0.3 is 0 Å². The molecular weight excluding hydrogens is 326 g/mol. The zero-order valence-electron chi connectivity index (χ0n) is 13.5. The molecule has 0 saturated heterocycles. The van der Waals surface area contributed by atoms with Crippen molar-refractivity contribution in [1.29, 1.82) is 0 Å². The third-order valence-electron chi connectivity index (χ3n) is 3.99. The highest BCUT2D eigenvalue weighted by atomic mass is 32.1. The highest BCUT2D eigenvalue weighted by Crippen LogP contribution is 2.26. The Morgan fingerprint density at radius 3 is 2.96 bits per heavy atom. The molecule has 0 fully saturated rings. The lowest BCUT2D eigenvalue weighted by molar-refractivity contribution is -0.121. The van der Waals surface area contributed by atoms with Gasteiger partial charge in [-0.3, -0.25) is 4.79 Å². The molecule has 0 spiro atoms. The molecule has 2 aromatic heterocycles. The number of aliphatic hydroxyl groups is 1. The van der Waals surface area contributed by atoms with Crippen LogP contribution in [0.15, 0.2) is 45.7 Å². The molecule has 126 valence electrons. The minimum absolute atomic E-state index is 0.159. The summed E-state index contributed by atoms with van der Waals surface area (Å²) in [5.74, 6) is 0.545. The van der Waals surface area contributed by atoms with Crippen LogP contribution in [-0.4, -0.2) is 24.7 Å². The number of fused-ring (bicyclic) bond motifs is 1. The van der Waals surface area contributed by atoms with Gasteiger partial charge in [0.2, 0.25) is 5.91 Å². The molecule has 1 atom stereocenters. The molecule has 1 unspecified atom stereocenters. The first kappa shape index (κ1) is 16.5. The second-order valence-corrected chi connectivity index (χ2v) is 6.64. The van der Waals surface area contributed by atoms with E-state index in [1.807, 2.05) is 29.0 Å². The minimum atomic E-state index is -1.08. The molecule has 24 heavy (non-hydrogen) atoms. The molecule has 1 aromatic carbocycles. The van der Waals surface area contributed by atoms with E-state index in [-0.39, 0.29) is 18.9 Å². The first-order valence-corrected chi connectivity index (χ1v) is 8.50. The lowest BCUT2D eigenvalue weighted by atomic mass is 9.99. The fourth-order valence-corrected chi connectivity index (χ4v) is 3.29. The van der Waals surface area contributed by atoms with Crippen molar-refractivity contribution in [3.63, 3.8) is 0 Å². The average molecular weight is 345 g/mol. The van der Waals surface area contributed by atoms with Crippen LogP contribution in [0.5, 0.6) is 5.75 Å². The molecule has 6 heteroatoms. The molecule has 2 heterocycles. The molecule has 3 aromatic rings. The van der Waals surface area contributed by atoms with Crippen LogP contribution < -0.4 is 10.1 Å². The van der Waals surface area contributed by atoms with Crippen LogP contribution in [0.2, 0.25) is 0 Å². The first-order chi connectivity index (χ1) is 11.5. The van der Waals surface area contributed by atoms with Crippen LogP contribution in [0.1, 0.15) is 18.1 Å². The number of carbonyl (C=O) groups excluding carboxylic acids is 1. The Morgan fingerprint density at radius 2 is 2.25 bits per heavy atom. The van der Waals surface area contributed by atoms with Gasteiger partial charge in [0, 0.05) is 17.0 Å². The smallest absolute Gasteiger partial charge is 0.224 e. The summed E-state index contributed by atoms with van der Waals surface area (Å²) in [6, 6.07) is 7.36. The maximum atomic E-state index is 12.2. The van der Waals surface area contributed by atoms with Gasteiger partial charge in [-0.25, -0.2) is 0 Å². The van der Waals surface area contributed by atoms with Crippen LogP contribution in [0.25, 0.3) is 11.0 Å². The highest BCUT2D eigenvalue weighted by molar-refractivity contribution is 7.08. The van der Waals surface area contributed by atoms with E-state index in [9.17, 15) is 9.90 Å². The summed E-state index contributed by atoms with van der Waals surface area (Å²) in [6.45, 7) is 1.85. The molecule has 0 bridgehead atoms. The van der Waals surface area contributed by atoms with Crippen LogP contribution in [0.4, 0.5) is 0 Å². The fraction of sp³-hybridized carbons (Fsp3) is 0.278. The fourth-order valence-electron chi connectivity index (χ4n) is 2.51. The van der Waals surface area contributed by atoms with E-state index < -0.39 is 5.60 Å². The Morgan fingerprint density at radius 1 is 1.42 bits per heavy atom. The van der Waals surface area contributed by atoms with Crippen molar-refractivity contribution in [3.05, 3.63) is 52.4 Å². The molecule has 0 saturated carbocycles. The molecule has 0 aliphatic heterocycles. The van der Waals surface area contributed by atoms with Crippen LogP contribution >= 0.6 is 11.3 Å². The Kier molecular flexibility index (Phi) is 4.59. The van der Waals surface area contributed by atoms with Crippen molar-refractivity contribution < 1.29 is 19.1 Å². The van der Waals surface area contributed by atoms with Gasteiger partial charge in [0.15, 0.2) is 0 Å². The predicted octanol–water partition coefficient (Wildman–Crippen LogP) is 3.07. The number of furan rings is 1. The van der Waals surface area contributed by atoms with Gasteiger partial charge < -0.3 is 19.6 Å². The van der Waals surface area contributed by atoms with Crippen LogP contribution in [-0.2, 0) is 16.8 Å². The molecule has 5 nitrogen and oxygen atoms in total. The van der Waals surface area contributed by atoms with Crippen molar-refractivity contribution >= 4 is 28.2 Å². The zero-order chi connectivity index (χ0) is 17.2. The Labute approximate surface area is 143 Å². The summed E-state index contributed by atoms with van der Waals surface area (Å²) in [6.07, 6.45) is 1.78. The number of amides is 1. The summed E-state index contributed by atoms with van der Waals surface area (Å²) < 4.78 is 10.6. The number of rotatable bonds is 6. The molecule has 0 radical (unpaired) electrons. The predicted molar refractivity (Wildman–Crippen MR) is 93.4 cm³/mol. The normalized spacial score (nSPS) is 13.6. The summed E-state index contributed by atoms with van der Waals surface area (Å²) in [4.78, 5) is 12.2. The quantitative estimate of drug-likeness (QED) is 0.720. The van der Waals surface area contributed by atoms with E-state index in [2.05, 4.69) is 5.32 Å². The standard InChI is InChI=1S/C18H19NO4S/c1-18(21,13-5-6-24-10-13)11-19-17(20)7-12-9-23-16-8-14(22-2)3-4-15(12)16/h3-6,8-10,21H,7,11H2,1-2H3,(H,19,20). The van der Waals surface area contributed by atoms with E-state index in [4.69, 9.17) is 9.15 Å². The molecule has 0 aliphatic carbocycles. The van der Waals surface area contributed by atoms with Crippen molar-refractivity contribution in [2.24, 2.45) is 0 Å². The molecule has 2 N–H and O–H groups in total. The van der Waals surface area contributed by atoms with Gasteiger partial charge in [0.25, 0.3) is 0 Å². The average Bonchev–Trinajstić information content (AvgIpc) is 3.23. The first-order valence-electron chi connectivity index (χ1n) is 7.55. The van der Waals surface area contributed by atoms with Crippen molar-refractivity contribution in [2.45, 2.75) is 18.9 Å². The van der Waals surface area contributed by atoms with Gasteiger partial charge in [0.1, 0.15) is 16.9 Å². The SMILES string of the molecule is COc1ccc2c(CC(=O)NCC(C)(O)c3ccsc3)coc2c1. The number of ether oxygens (including phenoxy) is 1. The molecule has 3 rings (SSSR count). The Balaban J connectivity index is 1.65. The third-order valence-corrected chi connectivity index (χ3v) is 4.67. The molecule has 0 aliphatic rings. The van der Waals surface area contributed by atoms with Crippen molar-refractivity contribution in [1.82, 2.24) is 5.32 Å². The van der Waals surface area contributed by atoms with Gasteiger partial charge in [-0.1, -0.05) is 0 Å². The van der Waals surface area contributed by atoms with Gasteiger partial charge in [-0.15, -0.1) is 0 Å². The number of benzene rings is 1. The number of hydrogen-bond donors (Lipinski definition) is 2. The summed E-state index contributed by atoms with van der Waals surface area (Å²) >= 11 is 1.51.